The third-order valence-corrected chi connectivity index (χ3v) is 4.79. The molecular formula is C20H24ClN3O. The van der Waals surface area contributed by atoms with Gasteiger partial charge in [0.25, 0.3) is 5.91 Å². The lowest BCUT2D eigenvalue weighted by Crippen LogP contribution is -2.34. The van der Waals surface area contributed by atoms with E-state index in [0.717, 1.165) is 24.1 Å². The largest absolute Gasteiger partial charge is 0.349 e. The summed E-state index contributed by atoms with van der Waals surface area (Å²) in [5.41, 5.74) is 2.55. The zero-order valence-corrected chi connectivity index (χ0v) is 15.3. The zero-order chi connectivity index (χ0) is 17.6. The quantitative estimate of drug-likeness (QED) is 0.581. The maximum atomic E-state index is 12.8. The van der Waals surface area contributed by atoms with Gasteiger partial charge >= 0.3 is 0 Å². The Labute approximate surface area is 154 Å². The average Bonchev–Trinajstić information content (AvgIpc) is 2.83. The number of halogens is 1. The Morgan fingerprint density at radius 2 is 1.88 bits per heavy atom. The molecule has 0 bridgehead atoms. The van der Waals surface area contributed by atoms with E-state index < -0.39 is 0 Å². The number of aromatic nitrogens is 1. The van der Waals surface area contributed by atoms with Crippen molar-refractivity contribution in [1.29, 1.82) is 0 Å². The first-order chi connectivity index (χ1) is 12.1. The van der Waals surface area contributed by atoms with Gasteiger partial charge < -0.3 is 10.6 Å². The highest BCUT2D eigenvalue weighted by Crippen LogP contribution is 2.23. The van der Waals surface area contributed by atoms with Gasteiger partial charge in [-0.25, -0.2) is 4.98 Å². The molecule has 1 aliphatic carbocycles. The Balaban J connectivity index is 1.79. The Kier molecular flexibility index (Phi) is 5.92. The van der Waals surface area contributed by atoms with Crippen molar-refractivity contribution in [3.8, 4) is 0 Å². The summed E-state index contributed by atoms with van der Waals surface area (Å²) in [5.74, 6) is 0.399. The maximum Gasteiger partial charge on any atom is 0.255 e. The lowest BCUT2D eigenvalue weighted by atomic mass is 10.1. The molecule has 25 heavy (non-hydrogen) atoms. The van der Waals surface area contributed by atoms with Crippen molar-refractivity contribution in [3.63, 3.8) is 0 Å². The van der Waals surface area contributed by atoms with Crippen molar-refractivity contribution in [1.82, 2.24) is 10.3 Å². The molecule has 1 amide bonds. The van der Waals surface area contributed by atoms with Crippen LogP contribution < -0.4 is 10.6 Å². The van der Waals surface area contributed by atoms with E-state index in [2.05, 4.69) is 15.6 Å². The minimum absolute atomic E-state index is 0.0915. The minimum Gasteiger partial charge on any atom is -0.349 e. The summed E-state index contributed by atoms with van der Waals surface area (Å²) in [7, 11) is 0. The molecule has 1 aliphatic rings. The third-order valence-electron chi connectivity index (χ3n) is 4.58. The van der Waals surface area contributed by atoms with Gasteiger partial charge in [0, 0.05) is 11.7 Å². The second-order valence-electron chi connectivity index (χ2n) is 6.69. The van der Waals surface area contributed by atoms with E-state index in [1.165, 1.54) is 25.7 Å². The molecule has 1 aromatic carbocycles. The molecule has 3 rings (SSSR count). The number of benzene rings is 1. The van der Waals surface area contributed by atoms with Gasteiger partial charge in [0.15, 0.2) is 0 Å². The first-order valence-electron chi connectivity index (χ1n) is 8.93. The summed E-state index contributed by atoms with van der Waals surface area (Å²) in [6, 6.07) is 11.6. The molecule has 1 fully saturated rings. The Morgan fingerprint density at radius 1 is 1.12 bits per heavy atom. The van der Waals surface area contributed by atoms with Gasteiger partial charge in [-0.1, -0.05) is 49.4 Å². The van der Waals surface area contributed by atoms with Crippen LogP contribution in [0, 0.1) is 6.92 Å². The number of anilines is 2. The summed E-state index contributed by atoms with van der Waals surface area (Å²) in [5, 5.41) is 6.76. The average molecular weight is 358 g/mol. The highest BCUT2D eigenvalue weighted by atomic mass is 35.5. The minimum atomic E-state index is -0.0915. The Morgan fingerprint density at radius 3 is 2.60 bits per heavy atom. The molecule has 1 aromatic heterocycles. The molecule has 0 atom stereocenters. The third kappa shape index (κ3) is 4.95. The van der Waals surface area contributed by atoms with Crippen LogP contribution in [0.3, 0.4) is 0 Å². The van der Waals surface area contributed by atoms with Crippen LogP contribution in [0.4, 0.5) is 11.5 Å². The summed E-state index contributed by atoms with van der Waals surface area (Å²) >= 11 is 6.05. The monoisotopic (exact) mass is 357 g/mol. The lowest BCUT2D eigenvalue weighted by molar-refractivity contribution is 0.0934. The van der Waals surface area contributed by atoms with Gasteiger partial charge in [0.1, 0.15) is 11.0 Å². The van der Waals surface area contributed by atoms with Crippen molar-refractivity contribution in [2.45, 2.75) is 51.5 Å². The lowest BCUT2D eigenvalue weighted by Gasteiger charge is -2.18. The van der Waals surface area contributed by atoms with E-state index in [-0.39, 0.29) is 11.9 Å². The summed E-state index contributed by atoms with van der Waals surface area (Å²) in [6.07, 6.45) is 6.97. The number of pyridine rings is 1. The molecule has 5 heteroatoms. The number of hydrogen-bond acceptors (Lipinski definition) is 3. The topological polar surface area (TPSA) is 54.0 Å². The number of hydrogen-bond donors (Lipinski definition) is 2. The first-order valence-corrected chi connectivity index (χ1v) is 9.31. The molecule has 0 radical (unpaired) electrons. The van der Waals surface area contributed by atoms with Gasteiger partial charge in [0.2, 0.25) is 0 Å². The van der Waals surface area contributed by atoms with E-state index in [4.69, 9.17) is 11.6 Å². The van der Waals surface area contributed by atoms with Crippen molar-refractivity contribution in [2.75, 3.05) is 5.32 Å². The smallest absolute Gasteiger partial charge is 0.255 e. The van der Waals surface area contributed by atoms with Crippen LogP contribution in [0.25, 0.3) is 0 Å². The molecule has 2 N–H and O–H groups in total. The maximum absolute atomic E-state index is 12.8. The van der Waals surface area contributed by atoms with E-state index >= 15 is 0 Å². The van der Waals surface area contributed by atoms with E-state index in [9.17, 15) is 4.79 Å². The molecule has 0 spiro atoms. The number of nitrogens with one attached hydrogen (secondary N) is 2. The second kappa shape index (κ2) is 8.34. The summed E-state index contributed by atoms with van der Waals surface area (Å²) in [6.45, 7) is 2.02. The van der Waals surface area contributed by atoms with Gasteiger partial charge in [-0.15, -0.1) is 0 Å². The molecule has 0 saturated heterocycles. The number of amides is 1. The highest BCUT2D eigenvalue weighted by molar-refractivity contribution is 6.29. The Hall–Kier alpha value is -2.07. The SMILES string of the molecule is Cc1cccc(Nc2nc(Cl)ccc2C(=O)NC2CCCCCC2)c1. The van der Waals surface area contributed by atoms with Crippen LogP contribution in [-0.2, 0) is 0 Å². The predicted molar refractivity (Wildman–Crippen MR) is 103 cm³/mol. The van der Waals surface area contributed by atoms with E-state index in [0.29, 0.717) is 16.5 Å². The van der Waals surface area contributed by atoms with Crippen LogP contribution in [0.1, 0.15) is 54.4 Å². The Bertz CT molecular complexity index is 739. The molecule has 1 saturated carbocycles. The molecule has 4 nitrogen and oxygen atoms in total. The molecule has 1 heterocycles. The fourth-order valence-electron chi connectivity index (χ4n) is 3.26. The first kappa shape index (κ1) is 17.7. The number of rotatable bonds is 4. The van der Waals surface area contributed by atoms with Gasteiger partial charge in [-0.05, 0) is 49.6 Å². The van der Waals surface area contributed by atoms with Crippen molar-refractivity contribution >= 4 is 29.0 Å². The van der Waals surface area contributed by atoms with Crippen molar-refractivity contribution in [2.24, 2.45) is 0 Å². The number of carbonyl (C=O) groups excluding carboxylic acids is 1. The van der Waals surface area contributed by atoms with E-state index in [1.54, 1.807) is 12.1 Å². The van der Waals surface area contributed by atoms with Crippen molar-refractivity contribution in [3.05, 3.63) is 52.7 Å². The number of carbonyl (C=O) groups is 1. The fraction of sp³-hybridized carbons (Fsp3) is 0.400. The predicted octanol–water partition coefficient (Wildman–Crippen LogP) is 5.24. The van der Waals surface area contributed by atoms with Gasteiger partial charge in [-0.2, -0.15) is 0 Å². The normalized spacial score (nSPS) is 15.4. The van der Waals surface area contributed by atoms with Crippen LogP contribution >= 0.6 is 11.6 Å². The molecule has 2 aromatic rings. The summed E-state index contributed by atoms with van der Waals surface area (Å²) in [4.78, 5) is 17.1. The number of aryl methyl sites for hydroxylation is 1. The van der Waals surface area contributed by atoms with Crippen LogP contribution in [0.5, 0.6) is 0 Å². The van der Waals surface area contributed by atoms with Gasteiger partial charge in [-0.3, -0.25) is 4.79 Å². The zero-order valence-electron chi connectivity index (χ0n) is 14.5. The molecular weight excluding hydrogens is 334 g/mol. The number of nitrogens with zero attached hydrogens (tertiary/aromatic N) is 1. The van der Waals surface area contributed by atoms with Crippen LogP contribution in [0.2, 0.25) is 5.15 Å². The summed E-state index contributed by atoms with van der Waals surface area (Å²) < 4.78 is 0. The second-order valence-corrected chi connectivity index (χ2v) is 7.07. The molecule has 132 valence electrons. The van der Waals surface area contributed by atoms with Crippen molar-refractivity contribution < 1.29 is 4.79 Å². The standard InChI is InChI=1S/C20H24ClN3O/c1-14-7-6-10-16(13-14)22-19-17(11-12-18(21)24-19)20(25)23-15-8-4-2-3-5-9-15/h6-7,10-13,15H,2-5,8-9H2,1H3,(H,22,24)(H,23,25). The molecule has 0 aliphatic heterocycles. The van der Waals surface area contributed by atoms with Crippen LogP contribution in [-0.4, -0.2) is 16.9 Å². The van der Waals surface area contributed by atoms with E-state index in [1.807, 2.05) is 31.2 Å². The van der Waals surface area contributed by atoms with Crippen LogP contribution in [0.15, 0.2) is 36.4 Å². The molecule has 0 unspecified atom stereocenters. The van der Waals surface area contributed by atoms with Gasteiger partial charge in [0.05, 0.1) is 5.56 Å². The fourth-order valence-corrected chi connectivity index (χ4v) is 3.41. The highest BCUT2D eigenvalue weighted by Gasteiger charge is 2.19.